The smallest absolute Gasteiger partial charge is 0.289 e. The van der Waals surface area contributed by atoms with E-state index in [1.165, 1.54) is 6.26 Å². The van der Waals surface area contributed by atoms with Crippen molar-refractivity contribution in [2.45, 2.75) is 24.9 Å². The molecule has 23 heavy (non-hydrogen) atoms. The first-order valence-electron chi connectivity index (χ1n) is 7.93. The third kappa shape index (κ3) is 2.52. The molecule has 2 aromatic rings. The fourth-order valence-electron chi connectivity index (χ4n) is 3.80. The topological polar surface area (TPSA) is 62.6 Å². The van der Waals surface area contributed by atoms with Gasteiger partial charge in [0.1, 0.15) is 0 Å². The van der Waals surface area contributed by atoms with E-state index in [1.54, 1.807) is 24.3 Å². The van der Waals surface area contributed by atoms with Crippen LogP contribution in [0.15, 0.2) is 53.1 Å². The van der Waals surface area contributed by atoms with Gasteiger partial charge in [-0.3, -0.25) is 9.59 Å². The number of carbonyl (C=O) groups excluding carboxylic acids is 2. The Kier molecular flexibility index (Phi) is 3.41. The SMILES string of the molecule is O=C(NC1CC2CC1N(C(=O)c1ccco1)C2)c1ccccc1. The van der Waals surface area contributed by atoms with Crippen LogP contribution in [0.1, 0.15) is 33.8 Å². The van der Waals surface area contributed by atoms with E-state index in [1.807, 2.05) is 23.1 Å². The van der Waals surface area contributed by atoms with Crippen LogP contribution in [-0.4, -0.2) is 35.3 Å². The van der Waals surface area contributed by atoms with Crippen molar-refractivity contribution < 1.29 is 14.0 Å². The summed E-state index contributed by atoms with van der Waals surface area (Å²) in [7, 11) is 0. The minimum absolute atomic E-state index is 0.0142. The van der Waals surface area contributed by atoms with Crippen molar-refractivity contribution in [3.8, 4) is 0 Å². The Morgan fingerprint density at radius 3 is 2.61 bits per heavy atom. The third-order valence-electron chi connectivity index (χ3n) is 4.83. The monoisotopic (exact) mass is 310 g/mol. The lowest BCUT2D eigenvalue weighted by molar-refractivity contribution is 0.0619. The molecule has 1 aromatic carbocycles. The minimum Gasteiger partial charge on any atom is -0.459 e. The highest BCUT2D eigenvalue weighted by Crippen LogP contribution is 2.38. The van der Waals surface area contributed by atoms with E-state index in [0.29, 0.717) is 17.2 Å². The second-order valence-electron chi connectivity index (χ2n) is 6.29. The molecule has 3 unspecified atom stereocenters. The molecule has 2 heterocycles. The van der Waals surface area contributed by atoms with Gasteiger partial charge in [-0.1, -0.05) is 18.2 Å². The van der Waals surface area contributed by atoms with Crippen LogP contribution in [0.3, 0.4) is 0 Å². The van der Waals surface area contributed by atoms with Crippen LogP contribution in [0.2, 0.25) is 0 Å². The highest BCUT2D eigenvalue weighted by molar-refractivity contribution is 5.95. The molecule has 5 heteroatoms. The maximum atomic E-state index is 12.5. The Bertz CT molecular complexity index is 711. The summed E-state index contributed by atoms with van der Waals surface area (Å²) in [5.41, 5.74) is 0.652. The number of piperidine rings is 1. The number of fused-ring (bicyclic) bond motifs is 2. The molecule has 2 aliphatic rings. The van der Waals surface area contributed by atoms with Gasteiger partial charge in [-0.2, -0.15) is 0 Å². The predicted octanol–water partition coefficient (Wildman–Crippen LogP) is 2.31. The number of nitrogens with zero attached hydrogens (tertiary/aromatic N) is 1. The second-order valence-corrected chi connectivity index (χ2v) is 6.29. The van der Waals surface area contributed by atoms with E-state index in [0.717, 1.165) is 19.4 Å². The third-order valence-corrected chi connectivity index (χ3v) is 4.83. The number of benzene rings is 1. The van der Waals surface area contributed by atoms with Crippen molar-refractivity contribution in [1.82, 2.24) is 10.2 Å². The molecular formula is C18H18N2O3. The first kappa shape index (κ1) is 14.1. The summed E-state index contributed by atoms with van der Waals surface area (Å²) in [6.07, 6.45) is 3.40. The van der Waals surface area contributed by atoms with Crippen LogP contribution in [0.25, 0.3) is 0 Å². The molecule has 1 saturated heterocycles. The molecular weight excluding hydrogens is 292 g/mol. The summed E-state index contributed by atoms with van der Waals surface area (Å²) < 4.78 is 5.22. The van der Waals surface area contributed by atoms with Crippen molar-refractivity contribution in [1.29, 1.82) is 0 Å². The first-order valence-corrected chi connectivity index (χ1v) is 7.93. The highest BCUT2D eigenvalue weighted by Gasteiger charge is 2.47. The average Bonchev–Trinajstić information content (AvgIpc) is 3.31. The van der Waals surface area contributed by atoms with E-state index < -0.39 is 0 Å². The van der Waals surface area contributed by atoms with Gasteiger partial charge in [-0.05, 0) is 43.0 Å². The number of likely N-dealkylation sites (tertiary alicyclic amines) is 1. The summed E-state index contributed by atoms with van der Waals surface area (Å²) in [5.74, 6) is 0.667. The van der Waals surface area contributed by atoms with E-state index in [2.05, 4.69) is 5.32 Å². The quantitative estimate of drug-likeness (QED) is 0.946. The van der Waals surface area contributed by atoms with Crippen LogP contribution in [0, 0.1) is 5.92 Å². The molecule has 5 nitrogen and oxygen atoms in total. The fraction of sp³-hybridized carbons (Fsp3) is 0.333. The van der Waals surface area contributed by atoms with Gasteiger partial charge >= 0.3 is 0 Å². The lowest BCUT2D eigenvalue weighted by Gasteiger charge is -2.33. The van der Waals surface area contributed by atoms with Gasteiger partial charge < -0.3 is 14.6 Å². The standard InChI is InChI=1S/C18H18N2O3/c21-17(13-5-2-1-3-6-13)19-14-9-12-10-15(14)20(11-12)18(22)16-7-4-8-23-16/h1-8,12,14-15H,9-11H2,(H,19,21). The van der Waals surface area contributed by atoms with Crippen molar-refractivity contribution >= 4 is 11.8 Å². The molecule has 1 saturated carbocycles. The summed E-state index contributed by atoms with van der Waals surface area (Å²) in [5, 5.41) is 3.09. The van der Waals surface area contributed by atoms with Crippen molar-refractivity contribution in [3.05, 3.63) is 60.1 Å². The molecule has 0 spiro atoms. The van der Waals surface area contributed by atoms with Gasteiger partial charge in [-0.15, -0.1) is 0 Å². The number of hydrogen-bond acceptors (Lipinski definition) is 3. The maximum absolute atomic E-state index is 12.5. The average molecular weight is 310 g/mol. The molecule has 2 amide bonds. The van der Waals surface area contributed by atoms with E-state index in [-0.39, 0.29) is 23.9 Å². The molecule has 4 rings (SSSR count). The number of hydrogen-bond donors (Lipinski definition) is 1. The van der Waals surface area contributed by atoms with Crippen LogP contribution >= 0.6 is 0 Å². The van der Waals surface area contributed by atoms with Gasteiger partial charge in [-0.25, -0.2) is 0 Å². The van der Waals surface area contributed by atoms with Gasteiger partial charge in [0.05, 0.1) is 12.3 Å². The zero-order valence-electron chi connectivity index (χ0n) is 12.6. The Labute approximate surface area is 134 Å². The summed E-state index contributed by atoms with van der Waals surface area (Å²) in [6, 6.07) is 12.7. The van der Waals surface area contributed by atoms with Gasteiger partial charge in [0.25, 0.3) is 11.8 Å². The van der Waals surface area contributed by atoms with Crippen LogP contribution in [-0.2, 0) is 0 Å². The van der Waals surface area contributed by atoms with Gasteiger partial charge in [0.15, 0.2) is 5.76 Å². The lowest BCUT2D eigenvalue weighted by Crippen LogP contribution is -2.51. The molecule has 1 aromatic heterocycles. The highest BCUT2D eigenvalue weighted by atomic mass is 16.3. The predicted molar refractivity (Wildman–Crippen MR) is 84.0 cm³/mol. The van der Waals surface area contributed by atoms with Crippen LogP contribution in [0.5, 0.6) is 0 Å². The van der Waals surface area contributed by atoms with Crippen molar-refractivity contribution in [3.63, 3.8) is 0 Å². The zero-order valence-corrected chi connectivity index (χ0v) is 12.6. The maximum Gasteiger partial charge on any atom is 0.289 e. The number of nitrogens with one attached hydrogen (secondary N) is 1. The first-order chi connectivity index (χ1) is 11.2. The Hall–Kier alpha value is -2.56. The van der Waals surface area contributed by atoms with Crippen LogP contribution in [0.4, 0.5) is 0 Å². The summed E-state index contributed by atoms with van der Waals surface area (Å²) >= 11 is 0. The van der Waals surface area contributed by atoms with E-state index in [4.69, 9.17) is 4.42 Å². The second kappa shape index (κ2) is 5.57. The van der Waals surface area contributed by atoms with Crippen molar-refractivity contribution in [2.24, 2.45) is 5.92 Å². The summed E-state index contributed by atoms with van der Waals surface area (Å²) in [4.78, 5) is 26.7. The largest absolute Gasteiger partial charge is 0.459 e. The summed E-state index contributed by atoms with van der Waals surface area (Å²) in [6.45, 7) is 0.752. The fourth-order valence-corrected chi connectivity index (χ4v) is 3.80. The lowest BCUT2D eigenvalue weighted by atomic mass is 10.0. The number of furan rings is 1. The van der Waals surface area contributed by atoms with E-state index >= 15 is 0 Å². The number of amides is 2. The normalized spacial score (nSPS) is 25.6. The number of rotatable bonds is 3. The Morgan fingerprint density at radius 1 is 1.09 bits per heavy atom. The zero-order chi connectivity index (χ0) is 15.8. The number of carbonyl (C=O) groups is 2. The van der Waals surface area contributed by atoms with Crippen molar-refractivity contribution in [2.75, 3.05) is 6.54 Å². The molecule has 0 radical (unpaired) electrons. The Morgan fingerprint density at radius 2 is 1.91 bits per heavy atom. The molecule has 2 fully saturated rings. The molecule has 1 aliphatic heterocycles. The molecule has 2 bridgehead atoms. The van der Waals surface area contributed by atoms with Gasteiger partial charge in [0, 0.05) is 18.2 Å². The van der Waals surface area contributed by atoms with E-state index in [9.17, 15) is 9.59 Å². The molecule has 1 aliphatic carbocycles. The minimum atomic E-state index is -0.0823. The molecule has 118 valence electrons. The molecule has 1 N–H and O–H groups in total. The Balaban J connectivity index is 1.47. The van der Waals surface area contributed by atoms with Crippen LogP contribution < -0.4 is 5.32 Å². The molecule has 3 atom stereocenters. The van der Waals surface area contributed by atoms with Gasteiger partial charge in [0.2, 0.25) is 0 Å².